The maximum Gasteiger partial charge on any atom is 0.304 e. The summed E-state index contributed by atoms with van der Waals surface area (Å²) < 4.78 is 33.0. The monoisotopic (exact) mass is 332 g/mol. The Hall–Kier alpha value is -1.22. The number of carbonyl (C=O) groups is 2. The van der Waals surface area contributed by atoms with Crippen molar-refractivity contribution >= 4 is 11.9 Å². The fourth-order valence-corrected chi connectivity index (χ4v) is 3.02. The van der Waals surface area contributed by atoms with Gasteiger partial charge in [0, 0.05) is 21.0 Å². The molecule has 0 aromatic carbocycles. The Kier molecular flexibility index (Phi) is 5.61. The van der Waals surface area contributed by atoms with E-state index in [1.165, 1.54) is 13.8 Å². The highest BCUT2D eigenvalue weighted by Gasteiger charge is 2.57. The molecule has 1 unspecified atom stereocenters. The average molecular weight is 332 g/mol. The Morgan fingerprint density at radius 1 is 1.13 bits per heavy atom. The van der Waals surface area contributed by atoms with Crippen LogP contribution in [0.1, 0.15) is 27.7 Å². The first-order valence-corrected chi connectivity index (χ1v) is 7.49. The standard InChI is InChI=1S/C15H24O8/c1-8(16)19-6-10-11-12(21-7-20-10)13(18-5)15(3,4)14(23-11)22-9(2)17/h10-14H,6-7H2,1-5H3/t10-,11-,12+,13-,14?/m1/s1. The molecule has 0 spiro atoms. The van der Waals surface area contributed by atoms with Crippen molar-refractivity contribution in [3.8, 4) is 0 Å². The normalized spacial score (nSPS) is 36.0. The summed E-state index contributed by atoms with van der Waals surface area (Å²) in [6.07, 6.45) is -2.73. The summed E-state index contributed by atoms with van der Waals surface area (Å²) >= 11 is 0. The van der Waals surface area contributed by atoms with Crippen LogP contribution in [0.15, 0.2) is 0 Å². The van der Waals surface area contributed by atoms with E-state index >= 15 is 0 Å². The third-order valence-electron chi connectivity index (χ3n) is 4.13. The summed E-state index contributed by atoms with van der Waals surface area (Å²) in [6.45, 7) is 6.47. The highest BCUT2D eigenvalue weighted by atomic mass is 16.8. The van der Waals surface area contributed by atoms with Gasteiger partial charge in [-0.15, -0.1) is 0 Å². The van der Waals surface area contributed by atoms with Crippen LogP contribution in [-0.2, 0) is 38.0 Å². The molecule has 132 valence electrons. The van der Waals surface area contributed by atoms with Crippen LogP contribution in [0.4, 0.5) is 0 Å². The lowest BCUT2D eigenvalue weighted by Crippen LogP contribution is -2.66. The molecular formula is C15H24O8. The van der Waals surface area contributed by atoms with Crippen LogP contribution in [0.25, 0.3) is 0 Å². The largest absolute Gasteiger partial charge is 0.463 e. The van der Waals surface area contributed by atoms with Crippen LogP contribution in [0.3, 0.4) is 0 Å². The second kappa shape index (κ2) is 7.12. The minimum Gasteiger partial charge on any atom is -0.463 e. The molecule has 0 amide bonds. The van der Waals surface area contributed by atoms with E-state index in [0.29, 0.717) is 0 Å². The van der Waals surface area contributed by atoms with Gasteiger partial charge in [-0.1, -0.05) is 13.8 Å². The van der Waals surface area contributed by atoms with Crippen molar-refractivity contribution in [2.24, 2.45) is 5.41 Å². The minimum absolute atomic E-state index is 0.0313. The fourth-order valence-electron chi connectivity index (χ4n) is 3.02. The number of methoxy groups -OCH3 is 1. The predicted molar refractivity (Wildman–Crippen MR) is 76.3 cm³/mol. The number of hydrogen-bond donors (Lipinski definition) is 0. The molecule has 0 bridgehead atoms. The second-order valence-corrected chi connectivity index (χ2v) is 6.28. The van der Waals surface area contributed by atoms with Crippen LogP contribution in [0.2, 0.25) is 0 Å². The van der Waals surface area contributed by atoms with Crippen molar-refractivity contribution < 1.29 is 38.0 Å². The van der Waals surface area contributed by atoms with Gasteiger partial charge in [-0.2, -0.15) is 0 Å². The average Bonchev–Trinajstić information content (AvgIpc) is 2.45. The number of fused-ring (bicyclic) bond motifs is 1. The Morgan fingerprint density at radius 2 is 1.83 bits per heavy atom. The van der Waals surface area contributed by atoms with E-state index in [4.69, 9.17) is 28.4 Å². The molecule has 0 radical (unpaired) electrons. The van der Waals surface area contributed by atoms with E-state index in [1.807, 2.05) is 13.8 Å². The molecular weight excluding hydrogens is 308 g/mol. The number of carbonyl (C=O) groups excluding carboxylic acids is 2. The van der Waals surface area contributed by atoms with Gasteiger partial charge in [-0.05, 0) is 0 Å². The first-order valence-electron chi connectivity index (χ1n) is 7.49. The van der Waals surface area contributed by atoms with Crippen LogP contribution < -0.4 is 0 Å². The second-order valence-electron chi connectivity index (χ2n) is 6.28. The van der Waals surface area contributed by atoms with E-state index in [-0.39, 0.29) is 19.5 Å². The summed E-state index contributed by atoms with van der Waals surface area (Å²) in [7, 11) is 1.57. The van der Waals surface area contributed by atoms with Crippen molar-refractivity contribution in [1.29, 1.82) is 0 Å². The third kappa shape index (κ3) is 3.82. The Balaban J connectivity index is 2.21. The van der Waals surface area contributed by atoms with E-state index < -0.39 is 42.0 Å². The number of esters is 2. The van der Waals surface area contributed by atoms with E-state index in [9.17, 15) is 9.59 Å². The highest BCUT2D eigenvalue weighted by Crippen LogP contribution is 2.42. The van der Waals surface area contributed by atoms with Gasteiger partial charge in [0.2, 0.25) is 6.29 Å². The molecule has 8 nitrogen and oxygen atoms in total. The molecule has 0 N–H and O–H groups in total. The van der Waals surface area contributed by atoms with E-state index in [1.54, 1.807) is 7.11 Å². The molecule has 2 saturated heterocycles. The zero-order valence-corrected chi connectivity index (χ0v) is 14.1. The predicted octanol–water partition coefficient (Wildman–Crippen LogP) is 0.620. The Labute approximate surface area is 135 Å². The van der Waals surface area contributed by atoms with Crippen molar-refractivity contribution in [3.63, 3.8) is 0 Å². The summed E-state index contributed by atoms with van der Waals surface area (Å²) in [6, 6.07) is 0. The number of rotatable bonds is 4. The fraction of sp³-hybridized carbons (Fsp3) is 0.867. The van der Waals surface area contributed by atoms with Gasteiger partial charge < -0.3 is 28.4 Å². The minimum atomic E-state index is -0.823. The number of ether oxygens (including phenoxy) is 6. The van der Waals surface area contributed by atoms with Crippen molar-refractivity contribution in [2.45, 2.75) is 58.4 Å². The summed E-state index contributed by atoms with van der Waals surface area (Å²) in [5.74, 6) is -0.863. The van der Waals surface area contributed by atoms with E-state index in [0.717, 1.165) is 0 Å². The molecule has 0 saturated carbocycles. The lowest BCUT2D eigenvalue weighted by molar-refractivity contribution is -0.362. The molecule has 2 fully saturated rings. The lowest BCUT2D eigenvalue weighted by Gasteiger charge is -2.52. The third-order valence-corrected chi connectivity index (χ3v) is 4.13. The number of hydrogen-bond acceptors (Lipinski definition) is 8. The Bertz CT molecular complexity index is 449. The van der Waals surface area contributed by atoms with Crippen molar-refractivity contribution in [1.82, 2.24) is 0 Å². The van der Waals surface area contributed by atoms with Crippen LogP contribution in [0, 0.1) is 5.41 Å². The molecule has 5 atom stereocenters. The van der Waals surface area contributed by atoms with Crippen molar-refractivity contribution in [2.75, 3.05) is 20.5 Å². The summed E-state index contributed by atoms with van der Waals surface area (Å²) in [5, 5.41) is 0. The van der Waals surface area contributed by atoms with Crippen LogP contribution >= 0.6 is 0 Å². The molecule has 8 heteroatoms. The highest BCUT2D eigenvalue weighted by molar-refractivity contribution is 5.66. The molecule has 0 aromatic rings. The maximum atomic E-state index is 11.4. The van der Waals surface area contributed by atoms with Gasteiger partial charge in [0.15, 0.2) is 0 Å². The van der Waals surface area contributed by atoms with Crippen LogP contribution in [-0.4, -0.2) is 63.2 Å². The van der Waals surface area contributed by atoms with Gasteiger partial charge in [0.1, 0.15) is 31.7 Å². The van der Waals surface area contributed by atoms with Gasteiger partial charge >= 0.3 is 11.9 Å². The van der Waals surface area contributed by atoms with Gasteiger partial charge in [-0.25, -0.2) is 0 Å². The molecule has 2 rings (SSSR count). The quantitative estimate of drug-likeness (QED) is 0.692. The zero-order chi connectivity index (χ0) is 17.2. The first kappa shape index (κ1) is 18.1. The van der Waals surface area contributed by atoms with Crippen molar-refractivity contribution in [3.05, 3.63) is 0 Å². The molecule has 2 aliphatic rings. The smallest absolute Gasteiger partial charge is 0.304 e. The summed E-state index contributed by atoms with van der Waals surface area (Å²) in [5.41, 5.74) is -0.620. The SMILES string of the molecule is CO[C@@H]1[C@H]2OCO[C@H](COC(C)=O)[C@H]2OC(OC(C)=O)C1(C)C. The topological polar surface area (TPSA) is 89.5 Å². The Morgan fingerprint density at radius 3 is 2.39 bits per heavy atom. The van der Waals surface area contributed by atoms with E-state index in [2.05, 4.69) is 0 Å². The van der Waals surface area contributed by atoms with Gasteiger partial charge in [0.25, 0.3) is 0 Å². The molecule has 23 heavy (non-hydrogen) atoms. The molecule has 2 aliphatic heterocycles. The lowest BCUT2D eigenvalue weighted by atomic mass is 9.77. The maximum absolute atomic E-state index is 11.4. The zero-order valence-electron chi connectivity index (χ0n) is 14.1. The van der Waals surface area contributed by atoms with Gasteiger partial charge in [-0.3, -0.25) is 9.59 Å². The summed E-state index contributed by atoms with van der Waals surface area (Å²) in [4.78, 5) is 22.4. The first-order chi connectivity index (χ1) is 10.8. The van der Waals surface area contributed by atoms with Crippen LogP contribution in [0.5, 0.6) is 0 Å². The van der Waals surface area contributed by atoms with Gasteiger partial charge in [0.05, 0.1) is 11.5 Å². The molecule has 0 aromatic heterocycles. The molecule has 0 aliphatic carbocycles. The molecule has 2 heterocycles.